The molecule has 0 aliphatic carbocycles. The molecule has 2 aromatic rings. The summed E-state index contributed by atoms with van der Waals surface area (Å²) < 4.78 is 0. The van der Waals surface area contributed by atoms with Gasteiger partial charge in [-0.2, -0.15) is 0 Å². The van der Waals surface area contributed by atoms with Gasteiger partial charge in [0.25, 0.3) is 0 Å². The summed E-state index contributed by atoms with van der Waals surface area (Å²) in [6.45, 7) is 3.98. The van der Waals surface area contributed by atoms with E-state index in [2.05, 4.69) is 15.3 Å². The molecule has 2 rings (SSSR count). The molecule has 2 aromatic heterocycles. The molecule has 0 saturated heterocycles. The second kappa shape index (κ2) is 6.47. The van der Waals surface area contributed by atoms with Gasteiger partial charge in [0, 0.05) is 0 Å². The van der Waals surface area contributed by atoms with Crippen molar-refractivity contribution in [2.75, 3.05) is 5.32 Å². The highest BCUT2D eigenvalue weighted by molar-refractivity contribution is 7.13. The van der Waals surface area contributed by atoms with E-state index in [-0.39, 0.29) is 5.92 Å². The quantitative estimate of drug-likeness (QED) is 0.855. The number of anilines is 1. The third-order valence-electron chi connectivity index (χ3n) is 2.74. The van der Waals surface area contributed by atoms with Crippen molar-refractivity contribution < 1.29 is 9.90 Å². The molecule has 106 valence electrons. The lowest BCUT2D eigenvalue weighted by Gasteiger charge is -2.16. The van der Waals surface area contributed by atoms with E-state index >= 15 is 0 Å². The monoisotopic (exact) mass is 291 g/mol. The van der Waals surface area contributed by atoms with Gasteiger partial charge in [-0.1, -0.05) is 19.9 Å². The number of thiophene rings is 1. The van der Waals surface area contributed by atoms with Crippen LogP contribution in [0.1, 0.15) is 20.3 Å². The fourth-order valence-corrected chi connectivity index (χ4v) is 2.53. The number of rotatable bonds is 6. The summed E-state index contributed by atoms with van der Waals surface area (Å²) in [5.74, 6) is -0.0944. The zero-order chi connectivity index (χ0) is 14.5. The molecule has 0 aliphatic heterocycles. The van der Waals surface area contributed by atoms with Crippen molar-refractivity contribution in [3.63, 3.8) is 0 Å². The highest BCUT2D eigenvalue weighted by Gasteiger charge is 2.19. The molecule has 0 amide bonds. The minimum atomic E-state index is -0.873. The Balaban J connectivity index is 2.16. The lowest BCUT2D eigenvalue weighted by Crippen LogP contribution is -2.31. The van der Waals surface area contributed by atoms with Crippen molar-refractivity contribution in [1.82, 2.24) is 9.97 Å². The number of hydrogen-bond acceptors (Lipinski definition) is 5. The summed E-state index contributed by atoms with van der Waals surface area (Å²) >= 11 is 1.57. The normalized spacial score (nSPS) is 12.3. The van der Waals surface area contributed by atoms with Crippen LogP contribution in [0.5, 0.6) is 0 Å². The molecule has 1 atom stereocenters. The topological polar surface area (TPSA) is 75.1 Å². The second-order valence-corrected chi connectivity index (χ2v) is 5.88. The molecule has 2 N–H and O–H groups in total. The Kier molecular flexibility index (Phi) is 4.68. The van der Waals surface area contributed by atoms with Gasteiger partial charge in [-0.05, 0) is 23.8 Å². The standard InChI is InChI=1S/C14H17N3O2S/c1-9(2)6-10(14(18)19)16-13-8-15-7-11(17-13)12-4-3-5-20-12/h3-5,7-10H,6H2,1-2H3,(H,16,17)(H,18,19)/t10-/m0/s1. The predicted molar refractivity (Wildman–Crippen MR) is 79.8 cm³/mol. The Labute approximate surface area is 121 Å². The van der Waals surface area contributed by atoms with Crippen molar-refractivity contribution in [3.05, 3.63) is 29.9 Å². The van der Waals surface area contributed by atoms with Crippen molar-refractivity contribution in [2.24, 2.45) is 5.92 Å². The van der Waals surface area contributed by atoms with Crippen LogP contribution in [0.15, 0.2) is 29.9 Å². The molecule has 0 unspecified atom stereocenters. The number of aromatic nitrogens is 2. The predicted octanol–water partition coefficient (Wildman–Crippen LogP) is 3.12. The van der Waals surface area contributed by atoms with Gasteiger partial charge in [0.2, 0.25) is 0 Å². The van der Waals surface area contributed by atoms with E-state index < -0.39 is 12.0 Å². The van der Waals surface area contributed by atoms with Crippen LogP contribution in [0.2, 0.25) is 0 Å². The van der Waals surface area contributed by atoms with Crippen molar-refractivity contribution in [2.45, 2.75) is 26.3 Å². The van der Waals surface area contributed by atoms with Gasteiger partial charge < -0.3 is 10.4 Å². The van der Waals surface area contributed by atoms with Crippen LogP contribution in [0, 0.1) is 5.92 Å². The fraction of sp³-hybridized carbons (Fsp3) is 0.357. The molecule has 6 heteroatoms. The molecule has 0 spiro atoms. The lowest BCUT2D eigenvalue weighted by molar-refractivity contribution is -0.138. The molecule has 2 heterocycles. The lowest BCUT2D eigenvalue weighted by atomic mass is 10.0. The summed E-state index contributed by atoms with van der Waals surface area (Å²) in [6.07, 6.45) is 3.77. The molecule has 0 fully saturated rings. The van der Waals surface area contributed by atoms with Crippen LogP contribution < -0.4 is 5.32 Å². The second-order valence-electron chi connectivity index (χ2n) is 4.93. The highest BCUT2D eigenvalue weighted by atomic mass is 32.1. The summed E-state index contributed by atoms with van der Waals surface area (Å²) in [5.41, 5.74) is 0.749. The Bertz CT molecular complexity index is 570. The molecule has 0 bridgehead atoms. The maximum atomic E-state index is 11.2. The molecule has 0 saturated carbocycles. The van der Waals surface area contributed by atoms with E-state index in [4.69, 9.17) is 0 Å². The zero-order valence-electron chi connectivity index (χ0n) is 11.4. The van der Waals surface area contributed by atoms with Crippen molar-refractivity contribution >= 4 is 23.1 Å². The van der Waals surface area contributed by atoms with Crippen LogP contribution >= 0.6 is 11.3 Å². The van der Waals surface area contributed by atoms with Gasteiger partial charge >= 0.3 is 5.97 Å². The maximum absolute atomic E-state index is 11.2. The van der Waals surface area contributed by atoms with Crippen molar-refractivity contribution in [3.8, 4) is 10.6 Å². The number of carboxylic acid groups (broad SMARTS) is 1. The molecule has 5 nitrogen and oxygen atoms in total. The molecule has 0 aromatic carbocycles. The van der Waals surface area contributed by atoms with Crippen LogP contribution in [0.25, 0.3) is 10.6 Å². The van der Waals surface area contributed by atoms with Gasteiger partial charge in [-0.3, -0.25) is 4.98 Å². The van der Waals surface area contributed by atoms with Gasteiger partial charge in [-0.15, -0.1) is 11.3 Å². The van der Waals surface area contributed by atoms with Gasteiger partial charge in [-0.25, -0.2) is 9.78 Å². The van der Waals surface area contributed by atoms with Crippen LogP contribution in [-0.4, -0.2) is 27.1 Å². The third-order valence-corrected chi connectivity index (χ3v) is 3.63. The van der Waals surface area contributed by atoms with Gasteiger partial charge in [0.1, 0.15) is 17.6 Å². The van der Waals surface area contributed by atoms with E-state index in [1.54, 1.807) is 23.7 Å². The van der Waals surface area contributed by atoms with E-state index in [1.165, 1.54) is 0 Å². The van der Waals surface area contributed by atoms with Crippen LogP contribution in [-0.2, 0) is 4.79 Å². The summed E-state index contributed by atoms with van der Waals surface area (Å²) in [6, 6.07) is 3.25. The molecule has 0 radical (unpaired) electrons. The van der Waals surface area contributed by atoms with E-state index in [0.29, 0.717) is 12.2 Å². The number of hydrogen-bond donors (Lipinski definition) is 2. The largest absolute Gasteiger partial charge is 0.480 e. The first-order valence-corrected chi connectivity index (χ1v) is 7.29. The third kappa shape index (κ3) is 3.77. The SMILES string of the molecule is CC(C)C[C@H](Nc1cncc(-c2cccs2)n1)C(=O)O. The van der Waals surface area contributed by atoms with E-state index in [9.17, 15) is 9.90 Å². The number of carbonyl (C=O) groups is 1. The molecular weight excluding hydrogens is 274 g/mol. The Hall–Kier alpha value is -1.95. The summed E-state index contributed by atoms with van der Waals surface area (Å²) in [4.78, 5) is 20.8. The first kappa shape index (κ1) is 14.5. The summed E-state index contributed by atoms with van der Waals surface area (Å²) in [7, 11) is 0. The van der Waals surface area contributed by atoms with Crippen molar-refractivity contribution in [1.29, 1.82) is 0 Å². The average Bonchev–Trinajstić information content (AvgIpc) is 2.91. The fourth-order valence-electron chi connectivity index (χ4n) is 1.85. The Morgan fingerprint density at radius 3 is 2.85 bits per heavy atom. The number of nitrogens with zero attached hydrogens (tertiary/aromatic N) is 2. The van der Waals surface area contributed by atoms with E-state index in [1.807, 2.05) is 31.4 Å². The highest BCUT2D eigenvalue weighted by Crippen LogP contribution is 2.23. The number of carboxylic acids is 1. The summed E-state index contributed by atoms with van der Waals surface area (Å²) in [5, 5.41) is 14.1. The number of aliphatic carboxylic acids is 1. The smallest absolute Gasteiger partial charge is 0.326 e. The van der Waals surface area contributed by atoms with Gasteiger partial charge in [0.05, 0.1) is 17.3 Å². The maximum Gasteiger partial charge on any atom is 0.326 e. The number of nitrogens with one attached hydrogen (secondary N) is 1. The molecule has 20 heavy (non-hydrogen) atoms. The van der Waals surface area contributed by atoms with Crippen LogP contribution in [0.4, 0.5) is 5.82 Å². The first-order valence-electron chi connectivity index (χ1n) is 6.41. The van der Waals surface area contributed by atoms with E-state index in [0.717, 1.165) is 10.6 Å². The van der Waals surface area contributed by atoms with Gasteiger partial charge in [0.15, 0.2) is 0 Å². The first-order chi connectivity index (χ1) is 9.56. The minimum absolute atomic E-state index is 0.289. The minimum Gasteiger partial charge on any atom is -0.480 e. The zero-order valence-corrected chi connectivity index (χ0v) is 12.2. The molecule has 0 aliphatic rings. The Morgan fingerprint density at radius 1 is 1.45 bits per heavy atom. The average molecular weight is 291 g/mol. The Morgan fingerprint density at radius 2 is 2.25 bits per heavy atom. The van der Waals surface area contributed by atoms with Crippen LogP contribution in [0.3, 0.4) is 0 Å². The molecular formula is C14H17N3O2S.